The van der Waals surface area contributed by atoms with Gasteiger partial charge in [0.25, 0.3) is 0 Å². The molecule has 0 aliphatic carbocycles. The minimum Gasteiger partial charge on any atom is -0.464 e. The van der Waals surface area contributed by atoms with E-state index in [2.05, 4.69) is 25.3 Å². The molecule has 1 aromatic rings. The Morgan fingerprint density at radius 2 is 2.27 bits per heavy atom. The number of anilines is 1. The van der Waals surface area contributed by atoms with Crippen LogP contribution in [0.1, 0.15) is 10.5 Å². The summed E-state index contributed by atoms with van der Waals surface area (Å²) in [5, 5.41) is 6.01. The minimum absolute atomic E-state index is 0.201. The first kappa shape index (κ1) is 11.4. The summed E-state index contributed by atoms with van der Waals surface area (Å²) in [6, 6.07) is 0. The fraction of sp³-hybridized carbons (Fsp3) is 0.444. The molecule has 1 rings (SSSR count). The molecule has 6 nitrogen and oxygen atoms in total. The van der Waals surface area contributed by atoms with E-state index in [-0.39, 0.29) is 5.69 Å². The summed E-state index contributed by atoms with van der Waals surface area (Å²) in [6.07, 6.45) is 2.93. The number of rotatable bonds is 5. The fourth-order valence-corrected chi connectivity index (χ4v) is 0.970. The lowest BCUT2D eigenvalue weighted by Gasteiger charge is -2.05. The molecule has 0 bridgehead atoms. The highest BCUT2D eigenvalue weighted by Crippen LogP contribution is 2.02. The summed E-state index contributed by atoms with van der Waals surface area (Å²) in [5.74, 6) is 0.0768. The molecule has 0 atom stereocenters. The van der Waals surface area contributed by atoms with Crippen molar-refractivity contribution in [2.75, 3.05) is 32.6 Å². The molecule has 0 aromatic carbocycles. The molecule has 0 saturated carbocycles. The molecule has 0 fully saturated rings. The number of esters is 1. The standard InChI is InChI=1S/C9H14N4O2/c1-10-3-4-12-8-6-11-5-7(13-8)9(14)15-2/h5-6,10H,3-4H2,1-2H3,(H,12,13). The van der Waals surface area contributed by atoms with Gasteiger partial charge >= 0.3 is 5.97 Å². The first-order valence-corrected chi connectivity index (χ1v) is 4.56. The van der Waals surface area contributed by atoms with Crippen molar-refractivity contribution >= 4 is 11.8 Å². The summed E-state index contributed by atoms with van der Waals surface area (Å²) in [4.78, 5) is 19.1. The second-order valence-electron chi connectivity index (χ2n) is 2.81. The normalized spacial score (nSPS) is 9.73. The third kappa shape index (κ3) is 3.51. The number of ether oxygens (including phenoxy) is 1. The van der Waals surface area contributed by atoms with Crippen molar-refractivity contribution in [3.05, 3.63) is 18.1 Å². The first-order chi connectivity index (χ1) is 7.27. The van der Waals surface area contributed by atoms with Crippen LogP contribution in [0.2, 0.25) is 0 Å². The highest BCUT2D eigenvalue weighted by molar-refractivity contribution is 5.87. The average Bonchev–Trinajstić information content (AvgIpc) is 2.29. The Bertz CT molecular complexity index is 330. The highest BCUT2D eigenvalue weighted by atomic mass is 16.5. The summed E-state index contributed by atoms with van der Waals surface area (Å²) in [6.45, 7) is 1.53. The Balaban J connectivity index is 2.62. The zero-order valence-electron chi connectivity index (χ0n) is 8.78. The Morgan fingerprint density at radius 3 is 2.93 bits per heavy atom. The molecular weight excluding hydrogens is 196 g/mol. The molecule has 0 radical (unpaired) electrons. The van der Waals surface area contributed by atoms with Gasteiger partial charge in [-0.05, 0) is 7.05 Å². The Labute approximate surface area is 88.1 Å². The number of aromatic nitrogens is 2. The zero-order valence-corrected chi connectivity index (χ0v) is 8.78. The molecule has 82 valence electrons. The number of hydrogen-bond acceptors (Lipinski definition) is 6. The maximum Gasteiger partial charge on any atom is 0.358 e. The quantitative estimate of drug-likeness (QED) is 0.522. The van der Waals surface area contributed by atoms with Crippen molar-refractivity contribution in [2.24, 2.45) is 0 Å². The molecule has 0 aliphatic rings. The Hall–Kier alpha value is -1.69. The van der Waals surface area contributed by atoms with Gasteiger partial charge in [0.05, 0.1) is 19.5 Å². The predicted octanol–water partition coefficient (Wildman–Crippen LogP) is -0.106. The smallest absolute Gasteiger partial charge is 0.358 e. The van der Waals surface area contributed by atoms with E-state index in [0.29, 0.717) is 5.82 Å². The third-order valence-corrected chi connectivity index (χ3v) is 1.71. The Morgan fingerprint density at radius 1 is 1.47 bits per heavy atom. The molecule has 6 heteroatoms. The third-order valence-electron chi connectivity index (χ3n) is 1.71. The maximum atomic E-state index is 11.1. The van der Waals surface area contributed by atoms with Crippen LogP contribution in [0.15, 0.2) is 12.4 Å². The summed E-state index contributed by atoms with van der Waals surface area (Å²) >= 11 is 0. The van der Waals surface area contributed by atoms with Crippen LogP contribution in [0.5, 0.6) is 0 Å². The number of carbonyl (C=O) groups is 1. The number of methoxy groups -OCH3 is 1. The second-order valence-corrected chi connectivity index (χ2v) is 2.81. The van der Waals surface area contributed by atoms with Gasteiger partial charge in [0, 0.05) is 13.1 Å². The van der Waals surface area contributed by atoms with Crippen LogP contribution in [0, 0.1) is 0 Å². The van der Waals surface area contributed by atoms with Gasteiger partial charge in [0.15, 0.2) is 5.69 Å². The van der Waals surface area contributed by atoms with Crippen LogP contribution in [0.3, 0.4) is 0 Å². The van der Waals surface area contributed by atoms with Gasteiger partial charge in [-0.1, -0.05) is 0 Å². The van der Waals surface area contributed by atoms with Gasteiger partial charge in [-0.2, -0.15) is 0 Å². The largest absolute Gasteiger partial charge is 0.464 e. The van der Waals surface area contributed by atoms with Crippen molar-refractivity contribution in [1.82, 2.24) is 15.3 Å². The zero-order chi connectivity index (χ0) is 11.1. The molecule has 0 aliphatic heterocycles. The minimum atomic E-state index is -0.486. The van der Waals surface area contributed by atoms with E-state index in [9.17, 15) is 4.79 Å². The van der Waals surface area contributed by atoms with E-state index in [0.717, 1.165) is 13.1 Å². The van der Waals surface area contributed by atoms with Crippen molar-refractivity contribution in [2.45, 2.75) is 0 Å². The molecule has 0 amide bonds. The van der Waals surface area contributed by atoms with E-state index in [1.165, 1.54) is 13.3 Å². The van der Waals surface area contributed by atoms with Gasteiger partial charge in [-0.15, -0.1) is 0 Å². The number of nitrogens with zero attached hydrogens (tertiary/aromatic N) is 2. The number of hydrogen-bond donors (Lipinski definition) is 2. The van der Waals surface area contributed by atoms with Crippen LogP contribution in [-0.4, -0.2) is 43.2 Å². The lowest BCUT2D eigenvalue weighted by molar-refractivity contribution is 0.0593. The molecule has 1 aromatic heterocycles. The van der Waals surface area contributed by atoms with Crippen molar-refractivity contribution in [3.8, 4) is 0 Å². The van der Waals surface area contributed by atoms with Crippen LogP contribution < -0.4 is 10.6 Å². The van der Waals surface area contributed by atoms with Crippen LogP contribution >= 0.6 is 0 Å². The van der Waals surface area contributed by atoms with Gasteiger partial charge in [-0.3, -0.25) is 4.98 Å². The first-order valence-electron chi connectivity index (χ1n) is 4.56. The predicted molar refractivity (Wildman–Crippen MR) is 55.8 cm³/mol. The molecule has 0 unspecified atom stereocenters. The number of nitrogens with one attached hydrogen (secondary N) is 2. The summed E-state index contributed by atoms with van der Waals surface area (Å²) < 4.78 is 4.54. The summed E-state index contributed by atoms with van der Waals surface area (Å²) in [5.41, 5.74) is 0.201. The molecule has 0 saturated heterocycles. The van der Waals surface area contributed by atoms with Crippen molar-refractivity contribution in [1.29, 1.82) is 0 Å². The van der Waals surface area contributed by atoms with Crippen LogP contribution in [-0.2, 0) is 4.74 Å². The van der Waals surface area contributed by atoms with Crippen molar-refractivity contribution < 1.29 is 9.53 Å². The van der Waals surface area contributed by atoms with Crippen LogP contribution in [0.25, 0.3) is 0 Å². The summed E-state index contributed by atoms with van der Waals surface area (Å²) in [7, 11) is 3.17. The van der Waals surface area contributed by atoms with Gasteiger partial charge in [-0.25, -0.2) is 9.78 Å². The molecule has 1 heterocycles. The number of likely N-dealkylation sites (N-methyl/N-ethyl adjacent to an activating group) is 1. The Kier molecular flexibility index (Phi) is 4.49. The molecule has 0 spiro atoms. The lowest BCUT2D eigenvalue weighted by Crippen LogP contribution is -2.18. The molecule has 2 N–H and O–H groups in total. The monoisotopic (exact) mass is 210 g/mol. The lowest BCUT2D eigenvalue weighted by atomic mass is 10.4. The van der Waals surface area contributed by atoms with E-state index >= 15 is 0 Å². The highest BCUT2D eigenvalue weighted by Gasteiger charge is 2.07. The van der Waals surface area contributed by atoms with Gasteiger partial charge in [0.2, 0.25) is 0 Å². The number of carbonyl (C=O) groups excluding carboxylic acids is 1. The van der Waals surface area contributed by atoms with Gasteiger partial charge in [0.1, 0.15) is 5.82 Å². The molecule has 15 heavy (non-hydrogen) atoms. The fourth-order valence-electron chi connectivity index (χ4n) is 0.970. The second kappa shape index (κ2) is 5.92. The topological polar surface area (TPSA) is 76.1 Å². The van der Waals surface area contributed by atoms with E-state index < -0.39 is 5.97 Å². The van der Waals surface area contributed by atoms with E-state index in [4.69, 9.17) is 0 Å². The van der Waals surface area contributed by atoms with E-state index in [1.807, 2.05) is 7.05 Å². The molecular formula is C9H14N4O2. The van der Waals surface area contributed by atoms with Gasteiger partial charge < -0.3 is 15.4 Å². The average molecular weight is 210 g/mol. The maximum absolute atomic E-state index is 11.1. The SMILES string of the molecule is CNCCNc1cncc(C(=O)OC)n1. The van der Waals surface area contributed by atoms with Crippen LogP contribution in [0.4, 0.5) is 5.82 Å². The van der Waals surface area contributed by atoms with Crippen molar-refractivity contribution in [3.63, 3.8) is 0 Å². The van der Waals surface area contributed by atoms with E-state index in [1.54, 1.807) is 6.20 Å².